The van der Waals surface area contributed by atoms with E-state index in [1.165, 1.54) is 74.3 Å². The van der Waals surface area contributed by atoms with Crippen molar-refractivity contribution in [3.63, 3.8) is 0 Å². The molecule has 7 aliphatic rings. The molecule has 1 aromatic rings. The Morgan fingerprint density at radius 2 is 1.65 bits per heavy atom. The first-order valence-corrected chi connectivity index (χ1v) is 25.6. The Morgan fingerprint density at radius 3 is 2.28 bits per heavy atom. The van der Waals surface area contributed by atoms with Gasteiger partial charge in [0.15, 0.2) is 0 Å². The first-order valence-electron chi connectivity index (χ1n) is 23.6. The zero-order valence-corrected chi connectivity index (χ0v) is 38.8. The highest BCUT2D eigenvalue weighted by atomic mass is 32.2. The summed E-state index contributed by atoms with van der Waals surface area (Å²) < 4.78 is 30.4. The third-order valence-corrected chi connectivity index (χ3v) is 21.4. The van der Waals surface area contributed by atoms with Crippen LogP contribution >= 0.6 is 0 Å². The molecule has 1 unspecified atom stereocenters. The van der Waals surface area contributed by atoms with E-state index in [-0.39, 0.29) is 39.1 Å². The van der Waals surface area contributed by atoms with Crippen LogP contribution < -0.4 is 10.1 Å². The molecule has 9 heteroatoms. The summed E-state index contributed by atoms with van der Waals surface area (Å²) in [5, 5.41) is 25.9. The number of aliphatic hydroxyl groups is 1. The summed E-state index contributed by atoms with van der Waals surface area (Å²) >= 11 is 0. The van der Waals surface area contributed by atoms with E-state index in [0.717, 1.165) is 19.4 Å². The molecule has 60 heavy (non-hydrogen) atoms. The minimum absolute atomic E-state index is 0.0121. The Kier molecular flexibility index (Phi) is 11.3. The second-order valence-corrected chi connectivity index (χ2v) is 25.1. The van der Waals surface area contributed by atoms with Crippen LogP contribution in [-0.2, 0) is 14.6 Å². The number of hydrogen-bond donors (Lipinski definition) is 3. The monoisotopic (exact) mass is 845 g/mol. The highest BCUT2D eigenvalue weighted by molar-refractivity contribution is 7.91. The van der Waals surface area contributed by atoms with Gasteiger partial charge in [0, 0.05) is 24.1 Å². The van der Waals surface area contributed by atoms with E-state index in [9.17, 15) is 23.4 Å². The molecule has 0 radical (unpaired) electrons. The standard InChI is InChI=1S/C51H76N2O6S/c1-34(2)37-18-27-51(53-32-30-50(56)25-16-36(17-26-50)60(8,57)58)29-28-47(6)39(43(37)51)12-13-41-46(5)21-19-38(45(3,4)40(46)20-22-48(41,47)7)35-14-23-49(24-15-35,44(54)55)33-59-42-11-9-10-31-52-42/h9-11,14,19,31,36-37,39-41,43,53,56H,1,12-13,15-18,20-30,32-33H2,2-8H3,(H,54,55)/t36?,37-,39+,40-,41+,43+,46-,47+,48+,49?,50?,51-/m0/s1. The number of rotatable bonds is 11. The molecule has 8 rings (SSSR count). The third-order valence-electron chi connectivity index (χ3n) is 19.7. The van der Waals surface area contributed by atoms with Gasteiger partial charge in [-0.2, -0.15) is 0 Å². The number of carboxylic acids is 1. The maximum atomic E-state index is 12.7. The fourth-order valence-corrected chi connectivity index (χ4v) is 17.2. The van der Waals surface area contributed by atoms with Gasteiger partial charge in [0.1, 0.15) is 21.9 Å². The quantitative estimate of drug-likeness (QED) is 0.188. The minimum atomic E-state index is -3.07. The number of pyridine rings is 1. The Hall–Kier alpha value is -2.49. The van der Waals surface area contributed by atoms with Crippen molar-refractivity contribution >= 4 is 15.8 Å². The van der Waals surface area contributed by atoms with E-state index in [1.807, 2.05) is 12.1 Å². The average molecular weight is 845 g/mol. The number of carboxylic acid groups (broad SMARTS) is 1. The normalized spacial score (nSPS) is 43.6. The van der Waals surface area contributed by atoms with Crippen molar-refractivity contribution in [2.45, 2.75) is 167 Å². The summed E-state index contributed by atoms with van der Waals surface area (Å²) in [6.45, 7) is 20.8. The topological polar surface area (TPSA) is 126 Å². The molecule has 5 saturated carbocycles. The van der Waals surface area contributed by atoms with Gasteiger partial charge < -0.3 is 20.3 Å². The maximum Gasteiger partial charge on any atom is 0.313 e. The summed E-state index contributed by atoms with van der Waals surface area (Å²) in [5.74, 6) is 2.52. The number of aromatic nitrogens is 1. The lowest BCUT2D eigenvalue weighted by Gasteiger charge is -2.72. The number of aliphatic carboxylic acids is 1. The summed E-state index contributed by atoms with van der Waals surface area (Å²) in [4.78, 5) is 17.0. The van der Waals surface area contributed by atoms with Crippen LogP contribution in [0.4, 0.5) is 0 Å². The molecular weight excluding hydrogens is 769 g/mol. The van der Waals surface area contributed by atoms with Crippen LogP contribution in [0.15, 0.2) is 59.8 Å². The van der Waals surface area contributed by atoms with E-state index >= 15 is 0 Å². The van der Waals surface area contributed by atoms with Crippen LogP contribution in [0.5, 0.6) is 5.88 Å². The van der Waals surface area contributed by atoms with Crippen molar-refractivity contribution in [1.29, 1.82) is 0 Å². The Balaban J connectivity index is 0.999. The van der Waals surface area contributed by atoms with Crippen molar-refractivity contribution in [1.82, 2.24) is 10.3 Å². The summed E-state index contributed by atoms with van der Waals surface area (Å²) in [6.07, 6.45) is 23.4. The number of carbonyl (C=O) groups is 1. The van der Waals surface area contributed by atoms with Crippen LogP contribution in [0.3, 0.4) is 0 Å². The Morgan fingerprint density at radius 1 is 0.900 bits per heavy atom. The van der Waals surface area contributed by atoms with Crippen LogP contribution in [0.2, 0.25) is 0 Å². The largest absolute Gasteiger partial charge is 0.481 e. The molecule has 332 valence electrons. The summed E-state index contributed by atoms with van der Waals surface area (Å²) in [7, 11) is -3.07. The highest BCUT2D eigenvalue weighted by Gasteiger charge is 2.70. The van der Waals surface area contributed by atoms with E-state index in [2.05, 4.69) is 70.6 Å². The van der Waals surface area contributed by atoms with Gasteiger partial charge in [-0.3, -0.25) is 4.79 Å². The third kappa shape index (κ3) is 7.09. The van der Waals surface area contributed by atoms with Gasteiger partial charge in [0.25, 0.3) is 0 Å². The second-order valence-electron chi connectivity index (χ2n) is 22.8. The number of allylic oxidation sites excluding steroid dienone is 5. The number of fused-ring (bicyclic) bond motifs is 7. The maximum absolute atomic E-state index is 12.7. The molecule has 0 amide bonds. The van der Waals surface area contributed by atoms with Crippen LogP contribution in [0, 0.1) is 56.7 Å². The number of sulfone groups is 1. The van der Waals surface area contributed by atoms with E-state index in [4.69, 9.17) is 4.74 Å². The molecule has 0 saturated heterocycles. The Bertz CT molecular complexity index is 2000. The molecule has 8 nitrogen and oxygen atoms in total. The molecule has 1 aromatic heterocycles. The first kappa shape index (κ1) is 44.1. The van der Waals surface area contributed by atoms with Gasteiger partial charge in [-0.1, -0.05) is 65.0 Å². The molecule has 7 aliphatic carbocycles. The molecule has 0 bridgehead atoms. The molecular formula is C51H76N2O6S. The van der Waals surface area contributed by atoms with Crippen LogP contribution in [-0.4, -0.2) is 65.4 Å². The predicted octanol–water partition coefficient (Wildman–Crippen LogP) is 10.3. The van der Waals surface area contributed by atoms with Gasteiger partial charge in [0.2, 0.25) is 5.88 Å². The number of nitrogens with zero attached hydrogens (tertiary/aromatic N) is 1. The second kappa shape index (κ2) is 15.3. The first-order chi connectivity index (χ1) is 28.1. The van der Waals surface area contributed by atoms with Crippen molar-refractivity contribution < 1.29 is 28.2 Å². The molecule has 10 atom stereocenters. The SMILES string of the molecule is C=C(C)[C@@H]1CC[C@]2(NCCC3(O)CCC(S(C)(=O)=O)CC3)CC[C@]3(C)[C@H](CC[C@@H]4[C@@]5(C)CC=C(C6=CCC(COc7ccccn7)(C(=O)O)CC6)C(C)(C)[C@@H]5CC[C@]43C)[C@@H]12. The lowest BCUT2D eigenvalue weighted by Crippen LogP contribution is -2.68. The fourth-order valence-electron chi connectivity index (χ4n) is 16.1. The lowest BCUT2D eigenvalue weighted by atomic mass is 9.33. The van der Waals surface area contributed by atoms with Crippen molar-refractivity contribution in [2.24, 2.45) is 56.7 Å². The molecule has 5 fully saturated rings. The van der Waals surface area contributed by atoms with E-state index in [1.54, 1.807) is 12.3 Å². The lowest BCUT2D eigenvalue weighted by molar-refractivity contribution is -0.221. The van der Waals surface area contributed by atoms with Crippen LogP contribution in [0.1, 0.15) is 151 Å². The van der Waals surface area contributed by atoms with Crippen LogP contribution in [0.25, 0.3) is 0 Å². The number of ether oxygens (including phenoxy) is 1. The molecule has 3 N–H and O–H groups in total. The van der Waals surface area contributed by atoms with Gasteiger partial charge >= 0.3 is 5.97 Å². The van der Waals surface area contributed by atoms with Gasteiger partial charge in [-0.15, -0.1) is 0 Å². The van der Waals surface area contributed by atoms with Crippen molar-refractivity contribution in [3.05, 3.63) is 59.8 Å². The molecule has 0 spiro atoms. The van der Waals surface area contributed by atoms with E-state index in [0.29, 0.717) is 80.4 Å². The van der Waals surface area contributed by atoms with E-state index < -0.39 is 26.8 Å². The van der Waals surface area contributed by atoms with Gasteiger partial charge in [-0.25, -0.2) is 13.4 Å². The summed E-state index contributed by atoms with van der Waals surface area (Å²) in [6, 6.07) is 5.48. The summed E-state index contributed by atoms with van der Waals surface area (Å²) in [5.41, 5.74) is 3.07. The van der Waals surface area contributed by atoms with Gasteiger partial charge in [0.05, 0.1) is 10.9 Å². The van der Waals surface area contributed by atoms with Crippen molar-refractivity contribution in [3.8, 4) is 5.88 Å². The zero-order valence-electron chi connectivity index (χ0n) is 38.0. The predicted molar refractivity (Wildman–Crippen MR) is 239 cm³/mol. The number of nitrogens with one attached hydrogen (secondary N) is 1. The average Bonchev–Trinajstić information content (AvgIpc) is 3.58. The minimum Gasteiger partial charge on any atom is -0.481 e. The highest BCUT2D eigenvalue weighted by Crippen LogP contribution is 2.76. The number of hydrogen-bond acceptors (Lipinski definition) is 7. The smallest absolute Gasteiger partial charge is 0.313 e. The molecule has 0 aromatic carbocycles. The van der Waals surface area contributed by atoms with Gasteiger partial charge in [-0.05, 0) is 191 Å². The fraction of sp³-hybridized carbons (Fsp3) is 0.765. The Labute approximate surface area is 361 Å². The molecule has 0 aliphatic heterocycles. The van der Waals surface area contributed by atoms with Crippen molar-refractivity contribution in [2.75, 3.05) is 19.4 Å². The zero-order chi connectivity index (χ0) is 43.1. The molecule has 1 heterocycles.